The van der Waals surface area contributed by atoms with Gasteiger partial charge >= 0.3 is 0 Å². The molecule has 0 saturated heterocycles. The highest BCUT2D eigenvalue weighted by atomic mass is 14.9. The average Bonchev–Trinajstić information content (AvgIpc) is 2.69. The maximum Gasteiger partial charge on any atom is 0.0656 e. The summed E-state index contributed by atoms with van der Waals surface area (Å²) in [7, 11) is 0. The van der Waals surface area contributed by atoms with Gasteiger partial charge in [0.25, 0.3) is 0 Å². The highest BCUT2D eigenvalue weighted by Gasteiger charge is 2.17. The van der Waals surface area contributed by atoms with E-state index in [4.69, 9.17) is 0 Å². The molecule has 0 aliphatic carbocycles. The minimum absolute atomic E-state index is 1.04. The second kappa shape index (κ2) is 3.71. The molecule has 0 amide bonds. The Labute approximate surface area is 95.4 Å². The number of aromatic nitrogens is 1. The van der Waals surface area contributed by atoms with E-state index in [1.807, 2.05) is 0 Å². The van der Waals surface area contributed by atoms with Gasteiger partial charge in [-0.2, -0.15) is 0 Å². The Balaban J connectivity index is 2.25. The fraction of sp³-hybridized carbons (Fsp3) is 0.286. The molecule has 0 unspecified atom stereocenters. The number of nitrogens with one attached hydrogen (secondary N) is 2. The summed E-state index contributed by atoms with van der Waals surface area (Å²) in [5, 5.41) is 4.84. The quantitative estimate of drug-likeness (QED) is 0.747. The Kier molecular flexibility index (Phi) is 2.21. The molecule has 0 saturated carbocycles. The van der Waals surface area contributed by atoms with Crippen molar-refractivity contribution in [2.75, 3.05) is 6.54 Å². The van der Waals surface area contributed by atoms with E-state index >= 15 is 0 Å². The Morgan fingerprint density at radius 2 is 2.19 bits per heavy atom. The van der Waals surface area contributed by atoms with Crippen LogP contribution in [0, 0.1) is 0 Å². The van der Waals surface area contributed by atoms with Gasteiger partial charge < -0.3 is 10.3 Å². The molecule has 0 atom stereocenters. The second-order valence-electron chi connectivity index (χ2n) is 4.23. The van der Waals surface area contributed by atoms with Crippen LogP contribution in [-0.4, -0.2) is 11.5 Å². The molecule has 1 aromatic carbocycles. The van der Waals surface area contributed by atoms with Crippen molar-refractivity contribution in [2.24, 2.45) is 0 Å². The normalized spacial score (nSPS) is 17.4. The fourth-order valence-corrected chi connectivity index (χ4v) is 2.48. The highest BCUT2D eigenvalue weighted by Crippen LogP contribution is 2.29. The average molecular weight is 212 g/mol. The number of aromatic amines is 1. The molecule has 0 spiro atoms. The summed E-state index contributed by atoms with van der Waals surface area (Å²) in [6.07, 6.45) is 4.44. The SMILES string of the molecule is CCC=C1NCCc2c1[nH]c1ccccc21. The maximum absolute atomic E-state index is 3.52. The monoisotopic (exact) mass is 212 g/mol. The van der Waals surface area contributed by atoms with E-state index in [0.717, 1.165) is 19.4 Å². The Morgan fingerprint density at radius 1 is 1.31 bits per heavy atom. The van der Waals surface area contributed by atoms with Crippen molar-refractivity contribution < 1.29 is 0 Å². The van der Waals surface area contributed by atoms with Crippen LogP contribution in [0.5, 0.6) is 0 Å². The first-order valence-electron chi connectivity index (χ1n) is 5.94. The number of hydrogen-bond donors (Lipinski definition) is 2. The zero-order valence-corrected chi connectivity index (χ0v) is 9.51. The molecule has 16 heavy (non-hydrogen) atoms. The molecule has 82 valence electrons. The number of allylic oxidation sites excluding steroid dienone is 1. The first kappa shape index (κ1) is 9.52. The van der Waals surface area contributed by atoms with Gasteiger partial charge in [-0.15, -0.1) is 0 Å². The number of H-pyrrole nitrogens is 1. The Hall–Kier alpha value is -1.70. The van der Waals surface area contributed by atoms with Gasteiger partial charge in [-0.05, 0) is 24.5 Å². The predicted octanol–water partition coefficient (Wildman–Crippen LogP) is 3.06. The third-order valence-electron chi connectivity index (χ3n) is 3.18. The fourth-order valence-electron chi connectivity index (χ4n) is 2.48. The second-order valence-corrected chi connectivity index (χ2v) is 4.23. The van der Waals surface area contributed by atoms with E-state index < -0.39 is 0 Å². The van der Waals surface area contributed by atoms with E-state index in [-0.39, 0.29) is 0 Å². The van der Waals surface area contributed by atoms with E-state index in [9.17, 15) is 0 Å². The lowest BCUT2D eigenvalue weighted by atomic mass is 10.0. The zero-order chi connectivity index (χ0) is 11.0. The van der Waals surface area contributed by atoms with Gasteiger partial charge in [0.15, 0.2) is 0 Å². The van der Waals surface area contributed by atoms with Crippen molar-refractivity contribution in [1.82, 2.24) is 10.3 Å². The number of rotatable bonds is 1. The standard InChI is InChI=1S/C14H16N2/c1-2-5-13-14-11(8-9-15-13)10-6-3-4-7-12(10)16-14/h3-7,15-16H,2,8-9H2,1H3. The molecule has 3 rings (SSSR count). The number of hydrogen-bond acceptors (Lipinski definition) is 1. The lowest BCUT2D eigenvalue weighted by Gasteiger charge is -2.17. The van der Waals surface area contributed by atoms with Crippen molar-refractivity contribution in [3.63, 3.8) is 0 Å². The van der Waals surface area contributed by atoms with E-state index in [1.54, 1.807) is 0 Å². The predicted molar refractivity (Wildman–Crippen MR) is 68.3 cm³/mol. The minimum atomic E-state index is 1.04. The summed E-state index contributed by atoms with van der Waals surface area (Å²) < 4.78 is 0. The molecule has 0 fully saturated rings. The van der Waals surface area contributed by atoms with Crippen molar-refractivity contribution in [2.45, 2.75) is 19.8 Å². The van der Waals surface area contributed by atoms with Crippen molar-refractivity contribution in [3.05, 3.63) is 41.6 Å². The molecular formula is C14H16N2. The maximum atomic E-state index is 3.52. The van der Waals surface area contributed by atoms with Gasteiger partial charge in [0.05, 0.1) is 11.4 Å². The summed E-state index contributed by atoms with van der Waals surface area (Å²) in [6, 6.07) is 8.55. The van der Waals surface area contributed by atoms with Crippen LogP contribution in [-0.2, 0) is 6.42 Å². The largest absolute Gasteiger partial charge is 0.383 e. The third-order valence-corrected chi connectivity index (χ3v) is 3.18. The van der Waals surface area contributed by atoms with Crippen LogP contribution >= 0.6 is 0 Å². The molecule has 1 aliphatic rings. The molecule has 2 N–H and O–H groups in total. The van der Waals surface area contributed by atoms with Crippen LogP contribution < -0.4 is 5.32 Å². The summed E-state index contributed by atoms with van der Waals surface area (Å²) in [6.45, 7) is 3.21. The van der Waals surface area contributed by atoms with Crippen LogP contribution in [0.2, 0.25) is 0 Å². The van der Waals surface area contributed by atoms with Crippen molar-refractivity contribution >= 4 is 16.6 Å². The first-order chi connectivity index (χ1) is 7.90. The number of para-hydroxylation sites is 1. The minimum Gasteiger partial charge on any atom is -0.383 e. The summed E-state index contributed by atoms with van der Waals surface area (Å²) in [5.41, 5.74) is 5.27. The van der Waals surface area contributed by atoms with Gasteiger partial charge in [-0.3, -0.25) is 0 Å². The van der Waals surface area contributed by atoms with E-state index in [0.29, 0.717) is 0 Å². The lowest BCUT2D eigenvalue weighted by molar-refractivity contribution is 0.811. The summed E-state index contributed by atoms with van der Waals surface area (Å²) >= 11 is 0. The molecule has 1 aromatic heterocycles. The van der Waals surface area contributed by atoms with Crippen LogP contribution in [0.3, 0.4) is 0 Å². The van der Waals surface area contributed by atoms with Crippen LogP contribution in [0.4, 0.5) is 0 Å². The Bertz CT molecular complexity index is 549. The topological polar surface area (TPSA) is 27.8 Å². The zero-order valence-electron chi connectivity index (χ0n) is 9.51. The summed E-state index contributed by atoms with van der Waals surface area (Å²) in [5.74, 6) is 0. The van der Waals surface area contributed by atoms with Crippen molar-refractivity contribution in [3.8, 4) is 0 Å². The third kappa shape index (κ3) is 1.33. The van der Waals surface area contributed by atoms with Gasteiger partial charge in [-0.25, -0.2) is 0 Å². The van der Waals surface area contributed by atoms with Gasteiger partial charge in [-0.1, -0.05) is 31.2 Å². The first-order valence-corrected chi connectivity index (χ1v) is 5.94. The van der Waals surface area contributed by atoms with Crippen LogP contribution in [0.25, 0.3) is 16.6 Å². The van der Waals surface area contributed by atoms with Gasteiger partial charge in [0.1, 0.15) is 0 Å². The lowest BCUT2D eigenvalue weighted by Crippen LogP contribution is -2.22. The molecule has 2 heterocycles. The molecule has 2 nitrogen and oxygen atoms in total. The molecule has 0 radical (unpaired) electrons. The Morgan fingerprint density at radius 3 is 3.06 bits per heavy atom. The van der Waals surface area contributed by atoms with E-state index in [1.165, 1.54) is 27.9 Å². The molecule has 2 aromatic rings. The molecule has 1 aliphatic heterocycles. The smallest absolute Gasteiger partial charge is 0.0656 e. The van der Waals surface area contributed by atoms with Gasteiger partial charge in [0.2, 0.25) is 0 Å². The van der Waals surface area contributed by atoms with Crippen molar-refractivity contribution in [1.29, 1.82) is 0 Å². The summed E-state index contributed by atoms with van der Waals surface area (Å²) in [4.78, 5) is 3.52. The molecule has 2 heteroatoms. The number of benzene rings is 1. The van der Waals surface area contributed by atoms with E-state index in [2.05, 4.69) is 47.6 Å². The number of fused-ring (bicyclic) bond motifs is 3. The van der Waals surface area contributed by atoms with Crippen LogP contribution in [0.1, 0.15) is 24.6 Å². The molecule has 0 bridgehead atoms. The van der Waals surface area contributed by atoms with Crippen LogP contribution in [0.15, 0.2) is 30.3 Å². The highest BCUT2D eigenvalue weighted by molar-refractivity contribution is 5.89. The van der Waals surface area contributed by atoms with Gasteiger partial charge in [0, 0.05) is 17.4 Å². The molecular weight excluding hydrogens is 196 g/mol.